The molecule has 11 heteroatoms. The number of carbonyl (C=O) groups is 3. The number of carbonyl (C=O) groups excluding carboxylic acids is 3. The summed E-state index contributed by atoms with van der Waals surface area (Å²) in [7, 11) is -3.47. The largest absolute Gasteiger partial charge is 0.394 e. The lowest BCUT2D eigenvalue weighted by Gasteiger charge is -2.37. The Morgan fingerprint density at radius 2 is 1.75 bits per heavy atom. The van der Waals surface area contributed by atoms with Gasteiger partial charge in [0.2, 0.25) is 20.2 Å². The first kappa shape index (κ1) is 32.6. The molecule has 5 atom stereocenters. The average molecular weight is 671 g/mol. The number of rotatable bonds is 7. The Hall–Kier alpha value is -3.90. The third kappa shape index (κ3) is 5.46. The van der Waals surface area contributed by atoms with E-state index in [2.05, 4.69) is 5.32 Å². The summed E-state index contributed by atoms with van der Waals surface area (Å²) in [5, 5.41) is 13.3. The van der Waals surface area contributed by atoms with Crippen LogP contribution in [0.4, 0.5) is 15.5 Å². The van der Waals surface area contributed by atoms with Gasteiger partial charge in [-0.3, -0.25) is 14.4 Å². The number of hydrogen-bond acceptors (Lipinski definition) is 6. The van der Waals surface area contributed by atoms with Gasteiger partial charge in [-0.15, -0.1) is 0 Å². The van der Waals surface area contributed by atoms with Crippen LogP contribution in [0.15, 0.2) is 72.8 Å². The summed E-state index contributed by atoms with van der Waals surface area (Å²) < 4.78 is 23.2. The van der Waals surface area contributed by atoms with Crippen molar-refractivity contribution in [1.29, 1.82) is 0 Å². The van der Waals surface area contributed by atoms with Gasteiger partial charge in [-0.05, 0) is 54.4 Å². The van der Waals surface area contributed by atoms with E-state index in [4.69, 9.17) is 4.74 Å². The molecule has 252 valence electrons. The fourth-order valence-electron chi connectivity index (χ4n) is 8.53. The van der Waals surface area contributed by atoms with Gasteiger partial charge in [-0.1, -0.05) is 61.5 Å². The van der Waals surface area contributed by atoms with E-state index < -0.39 is 31.6 Å². The highest BCUT2D eigenvalue weighted by Gasteiger charge is 2.67. The molecule has 3 amide bonds. The molecule has 0 bridgehead atoms. The van der Waals surface area contributed by atoms with Crippen molar-refractivity contribution in [3.8, 4) is 0 Å². The van der Waals surface area contributed by atoms with Crippen molar-refractivity contribution in [2.75, 3.05) is 36.0 Å². The number of fused-ring (bicyclic) bond motifs is 3. The van der Waals surface area contributed by atoms with Crippen LogP contribution < -0.4 is 15.1 Å². The van der Waals surface area contributed by atoms with Crippen molar-refractivity contribution < 1.29 is 28.3 Å². The van der Waals surface area contributed by atoms with Gasteiger partial charge in [0.15, 0.2) is 5.60 Å². The SMILES string of the molecule is C[C@@H]1[C@@H]([Si](C)(C)F)[C@H](CC(=O)N2Cc3ccccc3C[C@H]2CO)O[C@@]12C(=O)N(Cc1ccc(N3CCNCC3=O)cc1)c1ccccc12. The van der Waals surface area contributed by atoms with E-state index in [1.165, 1.54) is 0 Å². The van der Waals surface area contributed by atoms with E-state index in [-0.39, 0.29) is 43.3 Å². The Morgan fingerprint density at radius 3 is 2.46 bits per heavy atom. The molecule has 4 aliphatic rings. The first-order valence-electron chi connectivity index (χ1n) is 16.9. The topological polar surface area (TPSA) is 102 Å². The molecule has 0 saturated carbocycles. The van der Waals surface area contributed by atoms with Crippen LogP contribution in [0.5, 0.6) is 0 Å². The molecule has 3 aromatic rings. The minimum absolute atomic E-state index is 0.0193. The van der Waals surface area contributed by atoms with Gasteiger partial charge in [0.25, 0.3) is 5.91 Å². The fourth-order valence-corrected chi connectivity index (χ4v) is 11.0. The van der Waals surface area contributed by atoms with E-state index in [9.17, 15) is 19.5 Å². The molecule has 1 spiro atoms. The highest BCUT2D eigenvalue weighted by Crippen LogP contribution is 2.60. The van der Waals surface area contributed by atoms with Crippen molar-refractivity contribution >= 4 is 37.5 Å². The summed E-state index contributed by atoms with van der Waals surface area (Å²) in [6, 6.07) is 22.7. The van der Waals surface area contributed by atoms with Crippen molar-refractivity contribution in [3.63, 3.8) is 0 Å². The molecule has 0 radical (unpaired) electrons. The Labute approximate surface area is 281 Å². The second kappa shape index (κ2) is 12.5. The van der Waals surface area contributed by atoms with Crippen molar-refractivity contribution in [2.45, 2.75) is 69.2 Å². The summed E-state index contributed by atoms with van der Waals surface area (Å²) in [6.07, 6.45) is -0.328. The summed E-state index contributed by atoms with van der Waals surface area (Å²) in [5.41, 5.74) is 3.22. The van der Waals surface area contributed by atoms with Crippen LogP contribution in [-0.2, 0) is 44.2 Å². The summed E-state index contributed by atoms with van der Waals surface area (Å²) in [5.74, 6) is -0.959. The summed E-state index contributed by atoms with van der Waals surface area (Å²) in [4.78, 5) is 46.3. The third-order valence-electron chi connectivity index (χ3n) is 10.8. The number of amides is 3. The highest BCUT2D eigenvalue weighted by atomic mass is 28.4. The number of aliphatic hydroxyl groups is 1. The molecule has 2 N–H and O–H groups in total. The van der Waals surface area contributed by atoms with Gasteiger partial charge in [0, 0.05) is 42.3 Å². The maximum atomic E-state index is 16.4. The first-order chi connectivity index (χ1) is 23.0. The van der Waals surface area contributed by atoms with Gasteiger partial charge in [0.05, 0.1) is 44.0 Å². The predicted octanol–water partition coefficient (Wildman–Crippen LogP) is 4.28. The van der Waals surface area contributed by atoms with Crippen LogP contribution >= 0.6 is 0 Å². The number of hydrogen-bond donors (Lipinski definition) is 2. The maximum absolute atomic E-state index is 16.4. The maximum Gasteiger partial charge on any atom is 0.264 e. The normalized spacial score (nSPS) is 27.1. The smallest absolute Gasteiger partial charge is 0.264 e. The number of aliphatic hydroxyl groups excluding tert-OH is 1. The summed E-state index contributed by atoms with van der Waals surface area (Å²) in [6.45, 7) is 7.27. The van der Waals surface area contributed by atoms with Crippen LogP contribution in [0, 0.1) is 5.92 Å². The number of anilines is 2. The molecule has 0 unspecified atom stereocenters. The number of nitrogens with one attached hydrogen (secondary N) is 1. The standard InChI is InChI=1S/C37H43FN4O5Si/c1-24-35(48(2,3)38)32(19-33(44)41-22-27-9-5-4-8-26(27)18-29(41)23-43)47-37(24)30-10-6-7-11-31(30)42(36(37)46)21-25-12-14-28(15-13-25)40-17-16-39-20-34(40)45/h4-15,24,29,32,35,39,43H,16-23H2,1-3H3/t24-,29+,32+,35-,37+/m1/s1. The second-order valence-corrected chi connectivity index (χ2v) is 17.9. The molecule has 7 rings (SSSR count). The van der Waals surface area contributed by atoms with Crippen molar-refractivity contribution in [1.82, 2.24) is 10.2 Å². The van der Waals surface area contributed by atoms with E-state index in [1.54, 1.807) is 27.8 Å². The minimum atomic E-state index is -3.47. The van der Waals surface area contributed by atoms with Crippen LogP contribution in [-0.4, -0.2) is 74.5 Å². The number of nitrogens with zero attached hydrogens (tertiary/aromatic N) is 3. The average Bonchev–Trinajstić information content (AvgIpc) is 3.50. The summed E-state index contributed by atoms with van der Waals surface area (Å²) >= 11 is 0. The number of benzene rings is 3. The molecular formula is C37H43FN4O5Si. The predicted molar refractivity (Wildman–Crippen MR) is 184 cm³/mol. The third-order valence-corrected chi connectivity index (χ3v) is 13.3. The fraction of sp³-hybridized carbons (Fsp3) is 0.432. The minimum Gasteiger partial charge on any atom is -0.394 e. The van der Waals surface area contributed by atoms with Gasteiger partial charge in [-0.2, -0.15) is 0 Å². The van der Waals surface area contributed by atoms with E-state index in [0.717, 1.165) is 28.9 Å². The van der Waals surface area contributed by atoms with Crippen LogP contribution in [0.1, 0.15) is 35.6 Å². The Bertz CT molecular complexity index is 1730. The molecule has 4 aliphatic heterocycles. The molecule has 3 aromatic carbocycles. The molecule has 0 aromatic heterocycles. The number of piperazine rings is 1. The number of halogens is 1. The Kier molecular flexibility index (Phi) is 8.51. The molecule has 0 aliphatic carbocycles. The van der Waals surface area contributed by atoms with Gasteiger partial charge in [-0.25, -0.2) is 0 Å². The number of para-hydroxylation sites is 1. The molecule has 2 saturated heterocycles. The van der Waals surface area contributed by atoms with Gasteiger partial charge in [0.1, 0.15) is 0 Å². The van der Waals surface area contributed by atoms with Gasteiger partial charge >= 0.3 is 0 Å². The molecule has 2 fully saturated rings. The van der Waals surface area contributed by atoms with Crippen LogP contribution in [0.2, 0.25) is 18.6 Å². The van der Waals surface area contributed by atoms with Crippen molar-refractivity contribution in [2.24, 2.45) is 5.92 Å². The first-order valence-corrected chi connectivity index (χ1v) is 19.8. The van der Waals surface area contributed by atoms with Crippen LogP contribution in [0.25, 0.3) is 0 Å². The number of ether oxygens (including phenoxy) is 1. The van der Waals surface area contributed by atoms with Crippen molar-refractivity contribution in [3.05, 3.63) is 95.1 Å². The lowest BCUT2D eigenvalue weighted by atomic mass is 9.82. The molecule has 48 heavy (non-hydrogen) atoms. The Balaban J connectivity index is 1.17. The van der Waals surface area contributed by atoms with Crippen LogP contribution in [0.3, 0.4) is 0 Å². The zero-order chi connectivity index (χ0) is 33.8. The lowest BCUT2D eigenvalue weighted by Crippen LogP contribution is -2.48. The monoisotopic (exact) mass is 670 g/mol. The van der Waals surface area contributed by atoms with E-state index >= 15 is 4.11 Å². The quantitative estimate of drug-likeness (QED) is 0.288. The highest BCUT2D eigenvalue weighted by molar-refractivity contribution is 6.72. The molecule has 4 heterocycles. The molecule has 9 nitrogen and oxygen atoms in total. The molecular weight excluding hydrogens is 628 g/mol. The van der Waals surface area contributed by atoms with Gasteiger partial charge < -0.3 is 34.0 Å². The zero-order valence-electron chi connectivity index (χ0n) is 27.7. The lowest BCUT2D eigenvalue weighted by molar-refractivity contribution is -0.151. The second-order valence-electron chi connectivity index (χ2n) is 14.1. The Morgan fingerprint density at radius 1 is 1.04 bits per heavy atom. The van der Waals surface area contributed by atoms with E-state index in [0.29, 0.717) is 37.3 Å². The zero-order valence-corrected chi connectivity index (χ0v) is 28.7. The van der Waals surface area contributed by atoms with E-state index in [1.807, 2.05) is 79.7 Å².